The van der Waals surface area contributed by atoms with Crippen LogP contribution in [0.4, 0.5) is 5.00 Å². The number of nitrogens with zero attached hydrogens (tertiary/aromatic N) is 1. The molecule has 1 aromatic heterocycles. The molecule has 0 saturated heterocycles. The maximum absolute atomic E-state index is 12.2. The topological polar surface area (TPSA) is 88.4 Å². The summed E-state index contributed by atoms with van der Waals surface area (Å²) in [4.78, 5) is 25.4. The maximum Gasteiger partial charge on any atom is 0.338 e. The van der Waals surface area contributed by atoms with E-state index in [4.69, 9.17) is 9.47 Å². The summed E-state index contributed by atoms with van der Waals surface area (Å²) in [6.07, 6.45) is 2.83. The van der Waals surface area contributed by atoms with E-state index in [9.17, 15) is 14.9 Å². The standard InChI is InChI=1S/C20H20N2O4S/c1-12-3-8-15-16(10-21)19(27-17(15)9-12)22-18(23)11-26-20(24)13-4-6-14(25-2)7-5-13/h4-7,12H,3,8-9,11H2,1-2H3,(H,22,23)/t12-/m0/s1. The van der Waals surface area contributed by atoms with Gasteiger partial charge in [0.05, 0.1) is 18.2 Å². The first-order chi connectivity index (χ1) is 13.0. The lowest BCUT2D eigenvalue weighted by Gasteiger charge is -2.17. The SMILES string of the molecule is COc1ccc(C(=O)OCC(=O)Nc2sc3c(c2C#N)CC[C@H](C)C3)cc1. The Morgan fingerprint density at radius 3 is 2.74 bits per heavy atom. The Labute approximate surface area is 161 Å². The summed E-state index contributed by atoms with van der Waals surface area (Å²) in [7, 11) is 1.54. The van der Waals surface area contributed by atoms with Crippen molar-refractivity contribution in [1.29, 1.82) is 5.26 Å². The van der Waals surface area contributed by atoms with Crippen molar-refractivity contribution in [3.8, 4) is 11.8 Å². The van der Waals surface area contributed by atoms with Crippen molar-refractivity contribution in [2.75, 3.05) is 19.0 Å². The number of benzene rings is 1. The van der Waals surface area contributed by atoms with Crippen LogP contribution in [-0.2, 0) is 22.4 Å². The molecule has 0 radical (unpaired) electrons. The van der Waals surface area contributed by atoms with Gasteiger partial charge in [-0.15, -0.1) is 11.3 Å². The van der Waals surface area contributed by atoms with Gasteiger partial charge in [0.2, 0.25) is 0 Å². The Morgan fingerprint density at radius 1 is 1.33 bits per heavy atom. The maximum atomic E-state index is 12.2. The number of carbonyl (C=O) groups is 2. The second-order valence-electron chi connectivity index (χ2n) is 6.52. The molecule has 0 unspecified atom stereocenters. The lowest BCUT2D eigenvalue weighted by molar-refractivity contribution is -0.119. The van der Waals surface area contributed by atoms with Gasteiger partial charge in [0, 0.05) is 4.88 Å². The molecule has 1 amide bonds. The molecule has 0 spiro atoms. The number of carbonyl (C=O) groups excluding carboxylic acids is 2. The quantitative estimate of drug-likeness (QED) is 0.797. The Bertz CT molecular complexity index is 896. The lowest BCUT2D eigenvalue weighted by Crippen LogP contribution is -2.20. The number of methoxy groups -OCH3 is 1. The summed E-state index contributed by atoms with van der Waals surface area (Å²) in [5.74, 6) is 0.161. The van der Waals surface area contributed by atoms with Gasteiger partial charge in [-0.05, 0) is 55.0 Å². The number of esters is 1. The summed E-state index contributed by atoms with van der Waals surface area (Å²) < 4.78 is 10.1. The van der Waals surface area contributed by atoms with E-state index < -0.39 is 18.5 Å². The predicted octanol–water partition coefficient (Wildman–Crippen LogP) is 3.55. The number of fused-ring (bicyclic) bond motifs is 1. The third-order valence-corrected chi connectivity index (χ3v) is 5.71. The first kappa shape index (κ1) is 18.9. The van der Waals surface area contributed by atoms with Crippen LogP contribution in [0.25, 0.3) is 0 Å². The molecule has 140 valence electrons. The number of anilines is 1. The number of hydrogen-bond acceptors (Lipinski definition) is 6. The molecule has 0 bridgehead atoms. The van der Waals surface area contributed by atoms with E-state index >= 15 is 0 Å². The van der Waals surface area contributed by atoms with Crippen molar-refractivity contribution in [3.05, 3.63) is 45.8 Å². The van der Waals surface area contributed by atoms with E-state index in [1.165, 1.54) is 18.4 Å². The van der Waals surface area contributed by atoms with E-state index in [-0.39, 0.29) is 0 Å². The summed E-state index contributed by atoms with van der Waals surface area (Å²) in [5, 5.41) is 12.7. The Kier molecular flexibility index (Phi) is 5.77. The Balaban J connectivity index is 1.61. The van der Waals surface area contributed by atoms with Crippen molar-refractivity contribution in [1.82, 2.24) is 0 Å². The fourth-order valence-electron chi connectivity index (χ4n) is 3.06. The minimum atomic E-state index is -0.590. The molecule has 0 saturated carbocycles. The highest BCUT2D eigenvalue weighted by molar-refractivity contribution is 7.16. The molecule has 1 aromatic carbocycles. The smallest absolute Gasteiger partial charge is 0.338 e. The fraction of sp³-hybridized carbons (Fsp3) is 0.350. The van der Waals surface area contributed by atoms with E-state index in [2.05, 4.69) is 18.3 Å². The van der Waals surface area contributed by atoms with Crippen molar-refractivity contribution in [3.63, 3.8) is 0 Å². The molecule has 6 nitrogen and oxygen atoms in total. The van der Waals surface area contributed by atoms with Gasteiger partial charge in [-0.25, -0.2) is 4.79 Å². The van der Waals surface area contributed by atoms with E-state index in [1.807, 2.05) is 0 Å². The Morgan fingerprint density at radius 2 is 2.07 bits per heavy atom. The molecule has 0 aliphatic heterocycles. The molecular formula is C20H20N2O4S. The summed E-state index contributed by atoms with van der Waals surface area (Å²) in [6.45, 7) is 1.78. The summed E-state index contributed by atoms with van der Waals surface area (Å²) in [5.41, 5.74) is 1.92. The van der Waals surface area contributed by atoms with Crippen LogP contribution in [0.3, 0.4) is 0 Å². The van der Waals surface area contributed by atoms with Gasteiger partial charge >= 0.3 is 5.97 Å². The van der Waals surface area contributed by atoms with Crippen LogP contribution in [0.2, 0.25) is 0 Å². The van der Waals surface area contributed by atoms with Crippen molar-refractivity contribution < 1.29 is 19.1 Å². The molecule has 1 atom stereocenters. The van der Waals surface area contributed by atoms with Gasteiger partial charge in [0.25, 0.3) is 5.91 Å². The average molecular weight is 384 g/mol. The molecule has 1 heterocycles. The van der Waals surface area contributed by atoms with Crippen molar-refractivity contribution in [2.45, 2.75) is 26.2 Å². The number of amides is 1. The van der Waals surface area contributed by atoms with Gasteiger partial charge in [-0.2, -0.15) is 5.26 Å². The highest BCUT2D eigenvalue weighted by Gasteiger charge is 2.24. The van der Waals surface area contributed by atoms with E-state index in [0.717, 1.165) is 29.7 Å². The zero-order valence-electron chi connectivity index (χ0n) is 15.2. The molecule has 0 fully saturated rings. The van der Waals surface area contributed by atoms with Gasteiger partial charge in [-0.1, -0.05) is 6.92 Å². The number of ether oxygens (including phenoxy) is 2. The molecular weight excluding hydrogens is 364 g/mol. The van der Waals surface area contributed by atoms with Gasteiger partial charge in [0.15, 0.2) is 6.61 Å². The third kappa shape index (κ3) is 4.29. The van der Waals surface area contributed by atoms with Crippen LogP contribution in [0.15, 0.2) is 24.3 Å². The van der Waals surface area contributed by atoms with Gasteiger partial charge in [0.1, 0.15) is 16.8 Å². The molecule has 7 heteroatoms. The first-order valence-corrected chi connectivity index (χ1v) is 9.49. The summed E-state index contributed by atoms with van der Waals surface area (Å²) >= 11 is 1.44. The normalized spacial score (nSPS) is 15.4. The van der Waals surface area contributed by atoms with Gasteiger partial charge in [-0.3, -0.25) is 4.79 Å². The molecule has 1 aliphatic rings. The molecule has 3 rings (SSSR count). The van der Waals surface area contributed by atoms with Crippen LogP contribution >= 0.6 is 11.3 Å². The average Bonchev–Trinajstić information content (AvgIpc) is 3.01. The second kappa shape index (κ2) is 8.23. The molecule has 2 aromatic rings. The zero-order valence-corrected chi connectivity index (χ0v) is 16.0. The molecule has 1 N–H and O–H groups in total. The predicted molar refractivity (Wildman–Crippen MR) is 102 cm³/mol. The van der Waals surface area contributed by atoms with Crippen LogP contribution < -0.4 is 10.1 Å². The number of hydrogen-bond donors (Lipinski definition) is 1. The van der Waals surface area contributed by atoms with Crippen molar-refractivity contribution >= 4 is 28.2 Å². The lowest BCUT2D eigenvalue weighted by atomic mass is 9.89. The zero-order chi connectivity index (χ0) is 19.4. The molecule has 1 aliphatic carbocycles. The summed E-state index contributed by atoms with van der Waals surface area (Å²) in [6, 6.07) is 8.63. The van der Waals surface area contributed by atoms with Crippen LogP contribution in [-0.4, -0.2) is 25.6 Å². The van der Waals surface area contributed by atoms with Crippen LogP contribution in [0, 0.1) is 17.2 Å². The second-order valence-corrected chi connectivity index (χ2v) is 7.63. The number of nitriles is 1. The molecule has 27 heavy (non-hydrogen) atoms. The van der Waals surface area contributed by atoms with E-state index in [0.29, 0.717) is 27.8 Å². The Hall–Kier alpha value is -2.85. The number of nitrogens with one attached hydrogen (secondary N) is 1. The van der Waals surface area contributed by atoms with E-state index in [1.54, 1.807) is 24.3 Å². The van der Waals surface area contributed by atoms with Gasteiger partial charge < -0.3 is 14.8 Å². The minimum Gasteiger partial charge on any atom is -0.497 e. The first-order valence-electron chi connectivity index (χ1n) is 8.67. The highest BCUT2D eigenvalue weighted by Crippen LogP contribution is 2.39. The monoisotopic (exact) mass is 384 g/mol. The number of thiophene rings is 1. The number of rotatable bonds is 5. The third-order valence-electron chi connectivity index (χ3n) is 4.54. The minimum absolute atomic E-state index is 0.335. The van der Waals surface area contributed by atoms with Crippen LogP contribution in [0.1, 0.15) is 39.7 Å². The van der Waals surface area contributed by atoms with Crippen molar-refractivity contribution in [2.24, 2.45) is 5.92 Å². The fourth-order valence-corrected chi connectivity index (χ4v) is 4.44. The van der Waals surface area contributed by atoms with Crippen LogP contribution in [0.5, 0.6) is 5.75 Å². The highest BCUT2D eigenvalue weighted by atomic mass is 32.1. The largest absolute Gasteiger partial charge is 0.497 e.